The largest absolute Gasteiger partial charge is 0.507 e. The van der Waals surface area contributed by atoms with Crippen molar-refractivity contribution >= 4 is 11.0 Å². The summed E-state index contributed by atoms with van der Waals surface area (Å²) in [5.74, 6) is -4.64. The number of phenolic OH excluding ortho intramolecular Hbond substituents is 4. The second-order valence-corrected chi connectivity index (χ2v) is 7.79. The maximum Gasteiger partial charge on any atom is 0.238 e. The summed E-state index contributed by atoms with van der Waals surface area (Å²) < 4.78 is 10.5. The van der Waals surface area contributed by atoms with E-state index in [1.807, 2.05) is 0 Å². The molecule has 0 amide bonds. The fourth-order valence-electron chi connectivity index (χ4n) is 3.99. The van der Waals surface area contributed by atoms with Crippen LogP contribution in [0.3, 0.4) is 0 Å². The molecular weight excluding hydrogens is 460 g/mol. The van der Waals surface area contributed by atoms with Crippen LogP contribution in [0.15, 0.2) is 33.5 Å². The van der Waals surface area contributed by atoms with Crippen molar-refractivity contribution in [3.05, 3.63) is 40.1 Å². The SMILES string of the molecule is O=c1c(O)c(-c2ccc(O)c(O)c2)oc2cc(O)c([C@]3(CO)OC(O)[C@H](O)[C@@H](O)[C@@H]3O)c(O)c12. The van der Waals surface area contributed by atoms with E-state index in [1.165, 1.54) is 6.07 Å². The average Bonchev–Trinajstić information content (AvgIpc) is 2.79. The lowest BCUT2D eigenvalue weighted by Gasteiger charge is -2.46. The van der Waals surface area contributed by atoms with Crippen LogP contribution in [0.1, 0.15) is 5.56 Å². The summed E-state index contributed by atoms with van der Waals surface area (Å²) in [6.45, 7) is -1.25. The maximum atomic E-state index is 12.9. The van der Waals surface area contributed by atoms with Crippen molar-refractivity contribution in [3.8, 4) is 40.1 Å². The average molecular weight is 480 g/mol. The minimum Gasteiger partial charge on any atom is -0.507 e. The van der Waals surface area contributed by atoms with Crippen molar-refractivity contribution in [1.29, 1.82) is 0 Å². The van der Waals surface area contributed by atoms with Crippen molar-refractivity contribution < 1.29 is 60.2 Å². The van der Waals surface area contributed by atoms with Gasteiger partial charge < -0.3 is 60.2 Å². The molecule has 1 saturated heterocycles. The second kappa shape index (κ2) is 8.02. The molecule has 3 aromatic rings. The quantitative estimate of drug-likeness (QED) is 0.194. The molecule has 2 aromatic carbocycles. The number of ether oxygens (including phenoxy) is 1. The van der Waals surface area contributed by atoms with Crippen LogP contribution in [0, 0.1) is 0 Å². The Morgan fingerprint density at radius 1 is 0.853 bits per heavy atom. The maximum absolute atomic E-state index is 12.9. The Morgan fingerprint density at radius 2 is 1.53 bits per heavy atom. The standard InChI is InChI=1S/C21H20O13/c22-5-21(19(31)16(29)17(30)20(32)34-21)12-9(25)4-10-11(13(12)26)14(27)15(28)18(33-10)6-1-2-7(23)8(24)3-6/h1-4,16-17,19-20,22-26,28-32H,5H2/t16-,17-,19+,20?,21+/m1/s1. The molecule has 1 aromatic heterocycles. The van der Waals surface area contributed by atoms with Gasteiger partial charge in [-0.15, -0.1) is 0 Å². The zero-order valence-electron chi connectivity index (χ0n) is 17.0. The fourth-order valence-corrected chi connectivity index (χ4v) is 3.99. The van der Waals surface area contributed by atoms with E-state index in [1.54, 1.807) is 0 Å². The van der Waals surface area contributed by atoms with Crippen LogP contribution in [0.2, 0.25) is 0 Å². The summed E-state index contributed by atoms with van der Waals surface area (Å²) in [7, 11) is 0. The Kier molecular flexibility index (Phi) is 5.56. The van der Waals surface area contributed by atoms with Gasteiger partial charge in [0.15, 0.2) is 29.2 Å². The van der Waals surface area contributed by atoms with Gasteiger partial charge in [-0.1, -0.05) is 0 Å². The first-order valence-corrected chi connectivity index (χ1v) is 9.73. The molecule has 1 aliphatic rings. The first-order chi connectivity index (χ1) is 15.9. The fraction of sp³-hybridized carbons (Fsp3) is 0.286. The minimum absolute atomic E-state index is 0.0482. The highest BCUT2D eigenvalue weighted by Crippen LogP contribution is 2.48. The lowest BCUT2D eigenvalue weighted by atomic mass is 9.80. The summed E-state index contributed by atoms with van der Waals surface area (Å²) in [5.41, 5.74) is -5.20. The molecule has 2 heterocycles. The molecule has 0 bridgehead atoms. The molecule has 10 N–H and O–H groups in total. The number of hydrogen-bond acceptors (Lipinski definition) is 13. The molecule has 0 spiro atoms. The summed E-state index contributed by atoms with van der Waals surface area (Å²) >= 11 is 0. The number of benzene rings is 2. The van der Waals surface area contributed by atoms with Crippen LogP contribution in [0.4, 0.5) is 0 Å². The van der Waals surface area contributed by atoms with Gasteiger partial charge in [-0.3, -0.25) is 4.79 Å². The van der Waals surface area contributed by atoms with E-state index in [0.717, 1.165) is 18.2 Å². The van der Waals surface area contributed by atoms with Crippen LogP contribution < -0.4 is 5.43 Å². The Hall–Kier alpha value is -3.59. The predicted octanol–water partition coefficient (Wildman–Crippen LogP) is -1.39. The van der Waals surface area contributed by atoms with Crippen molar-refractivity contribution in [2.45, 2.75) is 30.2 Å². The number of fused-ring (bicyclic) bond motifs is 1. The van der Waals surface area contributed by atoms with E-state index in [0.29, 0.717) is 0 Å². The zero-order valence-corrected chi connectivity index (χ0v) is 17.0. The third-order valence-electron chi connectivity index (χ3n) is 5.78. The normalized spacial score (nSPS) is 27.2. The number of aromatic hydroxyl groups is 5. The number of phenols is 4. The number of aliphatic hydroxyl groups excluding tert-OH is 5. The van der Waals surface area contributed by atoms with Crippen LogP contribution in [0.5, 0.6) is 28.7 Å². The van der Waals surface area contributed by atoms with E-state index in [2.05, 4.69) is 0 Å². The van der Waals surface area contributed by atoms with Gasteiger partial charge in [0.1, 0.15) is 40.8 Å². The third kappa shape index (κ3) is 3.22. The van der Waals surface area contributed by atoms with E-state index >= 15 is 0 Å². The van der Waals surface area contributed by atoms with E-state index in [9.17, 15) is 55.9 Å². The molecule has 1 fully saturated rings. The first kappa shape index (κ1) is 23.6. The Bertz CT molecular complexity index is 1330. The number of hydrogen-bond donors (Lipinski definition) is 10. The number of aliphatic hydroxyl groups is 5. The Balaban J connectivity index is 1.99. The van der Waals surface area contributed by atoms with Gasteiger partial charge in [0.2, 0.25) is 11.2 Å². The second-order valence-electron chi connectivity index (χ2n) is 7.79. The van der Waals surface area contributed by atoms with Gasteiger partial charge in [-0.05, 0) is 18.2 Å². The summed E-state index contributed by atoms with van der Waals surface area (Å²) in [6, 6.07) is 4.03. The molecule has 0 aliphatic carbocycles. The van der Waals surface area contributed by atoms with E-state index < -0.39 is 93.3 Å². The monoisotopic (exact) mass is 480 g/mol. The Morgan fingerprint density at radius 3 is 2.15 bits per heavy atom. The summed E-state index contributed by atoms with van der Waals surface area (Å²) in [6.07, 6.45) is -8.47. The molecule has 4 rings (SSSR count). The predicted molar refractivity (Wildman–Crippen MR) is 110 cm³/mol. The lowest BCUT2D eigenvalue weighted by Crippen LogP contribution is -2.64. The molecule has 0 radical (unpaired) electrons. The van der Waals surface area contributed by atoms with Crippen molar-refractivity contribution in [2.24, 2.45) is 0 Å². The lowest BCUT2D eigenvalue weighted by molar-refractivity contribution is -0.332. The molecule has 1 unspecified atom stereocenters. The van der Waals surface area contributed by atoms with Gasteiger partial charge in [-0.2, -0.15) is 0 Å². The molecule has 0 saturated carbocycles. The number of rotatable bonds is 3. The zero-order chi connectivity index (χ0) is 25.1. The van der Waals surface area contributed by atoms with Crippen LogP contribution >= 0.6 is 0 Å². The van der Waals surface area contributed by atoms with E-state index in [4.69, 9.17) is 9.15 Å². The minimum atomic E-state index is -2.61. The van der Waals surface area contributed by atoms with Gasteiger partial charge >= 0.3 is 0 Å². The van der Waals surface area contributed by atoms with Crippen molar-refractivity contribution in [2.75, 3.05) is 6.61 Å². The summed E-state index contributed by atoms with van der Waals surface area (Å²) in [5, 5.41) is 100. The molecule has 1 aliphatic heterocycles. The van der Waals surface area contributed by atoms with Gasteiger partial charge in [0.05, 0.1) is 12.2 Å². The van der Waals surface area contributed by atoms with E-state index in [-0.39, 0.29) is 5.56 Å². The van der Waals surface area contributed by atoms with Gasteiger partial charge in [-0.25, -0.2) is 0 Å². The highest BCUT2D eigenvalue weighted by atomic mass is 16.7. The molecule has 34 heavy (non-hydrogen) atoms. The molecule has 182 valence electrons. The Labute approximate surface area is 188 Å². The summed E-state index contributed by atoms with van der Waals surface area (Å²) in [4.78, 5) is 12.9. The molecule has 13 nitrogen and oxygen atoms in total. The molecular formula is C21H20O13. The first-order valence-electron chi connectivity index (χ1n) is 9.73. The van der Waals surface area contributed by atoms with Crippen molar-refractivity contribution in [1.82, 2.24) is 0 Å². The highest BCUT2D eigenvalue weighted by molar-refractivity contribution is 5.90. The third-order valence-corrected chi connectivity index (χ3v) is 5.78. The van der Waals surface area contributed by atoms with Crippen LogP contribution in [-0.4, -0.2) is 82.3 Å². The topological polar surface area (TPSA) is 242 Å². The van der Waals surface area contributed by atoms with Crippen molar-refractivity contribution in [3.63, 3.8) is 0 Å². The molecule has 13 heteroatoms. The van der Waals surface area contributed by atoms with Gasteiger partial charge in [0, 0.05) is 11.6 Å². The molecule has 5 atom stereocenters. The smallest absolute Gasteiger partial charge is 0.238 e. The highest BCUT2D eigenvalue weighted by Gasteiger charge is 2.56. The van der Waals surface area contributed by atoms with Gasteiger partial charge in [0.25, 0.3) is 0 Å². The van der Waals surface area contributed by atoms with Crippen LogP contribution in [-0.2, 0) is 10.3 Å². The van der Waals surface area contributed by atoms with Crippen LogP contribution in [0.25, 0.3) is 22.3 Å².